The van der Waals surface area contributed by atoms with Crippen molar-refractivity contribution >= 4 is 5.91 Å². The van der Waals surface area contributed by atoms with Gasteiger partial charge >= 0.3 is 0 Å². The lowest BCUT2D eigenvalue weighted by atomic mass is 9.99. The van der Waals surface area contributed by atoms with Crippen LogP contribution < -0.4 is 0 Å². The van der Waals surface area contributed by atoms with Crippen molar-refractivity contribution in [3.8, 4) is 0 Å². The maximum absolute atomic E-state index is 15.3. The van der Waals surface area contributed by atoms with E-state index in [1.54, 1.807) is 6.92 Å². The molecule has 25 heavy (non-hydrogen) atoms. The fourth-order valence-electron chi connectivity index (χ4n) is 3.29. The highest BCUT2D eigenvalue weighted by Gasteiger charge is 2.47. The summed E-state index contributed by atoms with van der Waals surface area (Å²) in [7, 11) is 0. The molecule has 0 spiro atoms. The van der Waals surface area contributed by atoms with Gasteiger partial charge in [0.1, 0.15) is 5.76 Å². The first-order valence-electron chi connectivity index (χ1n) is 8.38. The van der Waals surface area contributed by atoms with Crippen molar-refractivity contribution in [1.82, 2.24) is 20.2 Å². The monoisotopic (exact) mass is 350 g/mol. The second-order valence-corrected chi connectivity index (χ2v) is 6.61. The van der Waals surface area contributed by atoms with E-state index in [0.29, 0.717) is 24.8 Å². The number of aromatic nitrogens is 3. The number of hydrogen-bond acceptors (Lipinski definition) is 7. The number of carbonyl (C=O) groups excluding carboxylic acids is 1. The molecule has 2 saturated heterocycles. The van der Waals surface area contributed by atoms with Gasteiger partial charge in [0.05, 0.1) is 6.54 Å². The standard InChI is InChI=1S/C16H19FN4O4/c1-10-8-12(19-24-10)14(22)21-5-4-16(17,9-21)15-18-13(20-25-15)11-2-6-23-7-3-11/h8,11H,2-7,9H2,1H3. The van der Waals surface area contributed by atoms with E-state index in [2.05, 4.69) is 15.3 Å². The molecule has 0 aliphatic carbocycles. The minimum absolute atomic E-state index is 0.0550. The summed E-state index contributed by atoms with van der Waals surface area (Å²) in [6.45, 7) is 3.12. The van der Waals surface area contributed by atoms with Gasteiger partial charge in [-0.15, -0.1) is 0 Å². The minimum atomic E-state index is -1.83. The van der Waals surface area contributed by atoms with Crippen LogP contribution in [0.4, 0.5) is 4.39 Å². The first-order chi connectivity index (χ1) is 12.0. The van der Waals surface area contributed by atoms with Crippen LogP contribution >= 0.6 is 0 Å². The quantitative estimate of drug-likeness (QED) is 0.835. The molecule has 134 valence electrons. The van der Waals surface area contributed by atoms with Crippen LogP contribution in [0.3, 0.4) is 0 Å². The van der Waals surface area contributed by atoms with Crippen LogP contribution in [0.5, 0.6) is 0 Å². The summed E-state index contributed by atoms with van der Waals surface area (Å²) in [5.74, 6) is 0.771. The van der Waals surface area contributed by atoms with E-state index < -0.39 is 5.67 Å². The second-order valence-electron chi connectivity index (χ2n) is 6.61. The Bertz CT molecular complexity index is 770. The molecule has 0 saturated carbocycles. The molecule has 2 aromatic heterocycles. The summed E-state index contributed by atoms with van der Waals surface area (Å²) in [6.07, 6.45) is 1.72. The zero-order valence-corrected chi connectivity index (χ0v) is 13.9. The number of aryl methyl sites for hydroxylation is 1. The van der Waals surface area contributed by atoms with Gasteiger partial charge in [-0.05, 0) is 19.8 Å². The van der Waals surface area contributed by atoms with Crippen LogP contribution in [-0.4, -0.2) is 52.4 Å². The molecule has 2 aliphatic rings. The first-order valence-corrected chi connectivity index (χ1v) is 8.38. The SMILES string of the molecule is Cc1cc(C(=O)N2CCC(F)(c3nc(C4CCOCC4)no3)C2)no1. The van der Waals surface area contributed by atoms with Gasteiger partial charge in [-0.3, -0.25) is 4.79 Å². The Kier molecular flexibility index (Phi) is 4.03. The van der Waals surface area contributed by atoms with Gasteiger partial charge in [0.2, 0.25) is 5.67 Å². The Hall–Kier alpha value is -2.29. The lowest BCUT2D eigenvalue weighted by Gasteiger charge is -2.18. The van der Waals surface area contributed by atoms with Crippen LogP contribution in [0.15, 0.2) is 15.1 Å². The predicted molar refractivity (Wildman–Crippen MR) is 81.6 cm³/mol. The molecule has 1 unspecified atom stereocenters. The molecule has 0 N–H and O–H groups in total. The molecule has 0 bridgehead atoms. The highest BCUT2D eigenvalue weighted by atomic mass is 19.1. The summed E-state index contributed by atoms with van der Waals surface area (Å²) in [5.41, 5.74) is -1.65. The fraction of sp³-hybridized carbons (Fsp3) is 0.625. The lowest BCUT2D eigenvalue weighted by Crippen LogP contribution is -2.32. The third-order valence-corrected chi connectivity index (χ3v) is 4.77. The van der Waals surface area contributed by atoms with Gasteiger partial charge in [0.25, 0.3) is 11.8 Å². The Balaban J connectivity index is 1.47. The van der Waals surface area contributed by atoms with Crippen LogP contribution in [0.2, 0.25) is 0 Å². The third-order valence-electron chi connectivity index (χ3n) is 4.77. The first kappa shape index (κ1) is 16.2. The molecule has 4 heterocycles. The molecule has 9 heteroatoms. The van der Waals surface area contributed by atoms with Gasteiger partial charge in [0, 0.05) is 38.2 Å². The molecule has 2 aliphatic heterocycles. The third kappa shape index (κ3) is 3.04. The maximum atomic E-state index is 15.3. The summed E-state index contributed by atoms with van der Waals surface area (Å²) in [6, 6.07) is 1.54. The topological polar surface area (TPSA) is 94.5 Å². The highest BCUT2D eigenvalue weighted by Crippen LogP contribution is 2.37. The normalized spacial score (nSPS) is 24.8. The summed E-state index contributed by atoms with van der Waals surface area (Å²) >= 11 is 0. The van der Waals surface area contributed by atoms with Crippen LogP contribution in [0.1, 0.15) is 53.1 Å². The molecule has 8 nitrogen and oxygen atoms in total. The van der Waals surface area contributed by atoms with Crippen LogP contribution in [0.25, 0.3) is 0 Å². The molecule has 2 aromatic rings. The Morgan fingerprint density at radius 2 is 2.12 bits per heavy atom. The lowest BCUT2D eigenvalue weighted by molar-refractivity contribution is 0.0707. The highest BCUT2D eigenvalue weighted by molar-refractivity contribution is 5.92. The van der Waals surface area contributed by atoms with Crippen molar-refractivity contribution in [2.45, 2.75) is 37.8 Å². The molecular formula is C16H19FN4O4. The summed E-state index contributed by atoms with van der Waals surface area (Å²) < 4.78 is 30.7. The van der Waals surface area contributed by atoms with E-state index in [0.717, 1.165) is 12.8 Å². The Morgan fingerprint density at radius 1 is 1.32 bits per heavy atom. The Labute approximate surface area is 143 Å². The fourth-order valence-corrected chi connectivity index (χ4v) is 3.29. The number of amides is 1. The van der Waals surface area contributed by atoms with Gasteiger partial charge in [-0.1, -0.05) is 10.3 Å². The predicted octanol–water partition coefficient (Wildman–Crippen LogP) is 1.97. The number of hydrogen-bond donors (Lipinski definition) is 0. The van der Waals surface area contributed by atoms with Crippen molar-refractivity contribution in [3.63, 3.8) is 0 Å². The van der Waals surface area contributed by atoms with E-state index in [4.69, 9.17) is 13.8 Å². The average Bonchev–Trinajstić information content (AvgIpc) is 3.35. The number of rotatable bonds is 3. The second kappa shape index (κ2) is 6.21. The zero-order chi connectivity index (χ0) is 17.4. The van der Waals surface area contributed by atoms with Crippen molar-refractivity contribution < 1.29 is 23.0 Å². The number of halogens is 1. The number of likely N-dealkylation sites (tertiary alicyclic amines) is 1. The van der Waals surface area contributed by atoms with Gasteiger partial charge in [-0.25, -0.2) is 4.39 Å². The van der Waals surface area contributed by atoms with E-state index in [-0.39, 0.29) is 42.9 Å². The smallest absolute Gasteiger partial charge is 0.276 e. The van der Waals surface area contributed by atoms with Crippen LogP contribution in [-0.2, 0) is 10.4 Å². The van der Waals surface area contributed by atoms with Gasteiger partial charge < -0.3 is 18.7 Å². The number of carbonyl (C=O) groups is 1. The van der Waals surface area contributed by atoms with Gasteiger partial charge in [0.15, 0.2) is 11.5 Å². The molecule has 0 aromatic carbocycles. The molecular weight excluding hydrogens is 331 g/mol. The molecule has 1 atom stereocenters. The average molecular weight is 350 g/mol. The zero-order valence-electron chi connectivity index (χ0n) is 13.9. The largest absolute Gasteiger partial charge is 0.381 e. The van der Waals surface area contributed by atoms with E-state index >= 15 is 4.39 Å². The number of nitrogens with zero attached hydrogens (tertiary/aromatic N) is 4. The number of alkyl halides is 1. The molecule has 4 rings (SSSR count). The maximum Gasteiger partial charge on any atom is 0.276 e. The van der Waals surface area contributed by atoms with E-state index in [9.17, 15) is 4.79 Å². The van der Waals surface area contributed by atoms with Crippen molar-refractivity contribution in [1.29, 1.82) is 0 Å². The van der Waals surface area contributed by atoms with E-state index in [1.807, 2.05) is 0 Å². The molecule has 2 fully saturated rings. The van der Waals surface area contributed by atoms with Crippen molar-refractivity contribution in [3.05, 3.63) is 29.2 Å². The van der Waals surface area contributed by atoms with Crippen LogP contribution in [0, 0.1) is 6.92 Å². The molecule has 0 radical (unpaired) electrons. The molecule has 1 amide bonds. The number of ether oxygens (including phenoxy) is 1. The summed E-state index contributed by atoms with van der Waals surface area (Å²) in [4.78, 5) is 18.1. The Morgan fingerprint density at radius 3 is 2.84 bits per heavy atom. The minimum Gasteiger partial charge on any atom is -0.381 e. The summed E-state index contributed by atoms with van der Waals surface area (Å²) in [5, 5.41) is 7.64. The van der Waals surface area contributed by atoms with Gasteiger partial charge in [-0.2, -0.15) is 4.98 Å². The van der Waals surface area contributed by atoms with Crippen molar-refractivity contribution in [2.24, 2.45) is 0 Å². The van der Waals surface area contributed by atoms with Crippen molar-refractivity contribution in [2.75, 3.05) is 26.3 Å². The van der Waals surface area contributed by atoms with E-state index in [1.165, 1.54) is 11.0 Å².